The van der Waals surface area contributed by atoms with E-state index in [1.807, 2.05) is 6.07 Å². The third-order valence-electron chi connectivity index (χ3n) is 1.54. The van der Waals surface area contributed by atoms with Gasteiger partial charge in [-0.2, -0.15) is 0 Å². The van der Waals surface area contributed by atoms with E-state index in [4.69, 9.17) is 5.11 Å². The molecule has 0 atom stereocenters. The largest absolute Gasteiger partial charge is 0.508 e. The van der Waals surface area contributed by atoms with E-state index in [9.17, 15) is 8.78 Å². The van der Waals surface area contributed by atoms with Crippen LogP contribution < -0.4 is 0 Å². The van der Waals surface area contributed by atoms with Crippen LogP contribution in [0.15, 0.2) is 54.6 Å². The van der Waals surface area contributed by atoms with Crippen LogP contribution in [-0.4, -0.2) is 34.7 Å². The molecule has 0 spiro atoms. The number of hydrogen-bond donors (Lipinski definition) is 1. The van der Waals surface area contributed by atoms with E-state index in [1.165, 1.54) is 18.2 Å². The molecular formula is C12H10F2NaO. The number of hydrogen-bond acceptors (Lipinski definition) is 1. The summed E-state index contributed by atoms with van der Waals surface area (Å²) in [5, 5.41) is 8.63. The number of rotatable bonds is 0. The van der Waals surface area contributed by atoms with Gasteiger partial charge in [-0.3, -0.25) is 0 Å². The molecule has 0 saturated heterocycles. The molecule has 2 aromatic carbocycles. The van der Waals surface area contributed by atoms with Crippen LogP contribution in [0.2, 0.25) is 0 Å². The molecule has 16 heavy (non-hydrogen) atoms. The first-order valence-electron chi connectivity index (χ1n) is 4.33. The van der Waals surface area contributed by atoms with Gasteiger partial charge in [-0.15, -0.1) is 0 Å². The van der Waals surface area contributed by atoms with E-state index >= 15 is 0 Å². The second-order valence-corrected chi connectivity index (χ2v) is 2.78. The van der Waals surface area contributed by atoms with Crippen molar-refractivity contribution in [1.82, 2.24) is 0 Å². The van der Waals surface area contributed by atoms with Crippen LogP contribution in [0.5, 0.6) is 5.75 Å². The molecule has 0 aliphatic carbocycles. The minimum absolute atomic E-state index is 0. The van der Waals surface area contributed by atoms with Crippen molar-refractivity contribution in [2.45, 2.75) is 0 Å². The van der Waals surface area contributed by atoms with Gasteiger partial charge in [-0.1, -0.05) is 24.3 Å². The molecule has 4 heteroatoms. The van der Waals surface area contributed by atoms with Crippen molar-refractivity contribution in [1.29, 1.82) is 0 Å². The first-order valence-corrected chi connectivity index (χ1v) is 4.33. The molecule has 0 saturated carbocycles. The molecule has 0 aliphatic rings. The molecule has 0 fully saturated rings. The minimum atomic E-state index is -0.537. The Morgan fingerprint density at radius 1 is 0.750 bits per heavy atom. The van der Waals surface area contributed by atoms with E-state index in [2.05, 4.69) is 0 Å². The van der Waals surface area contributed by atoms with Gasteiger partial charge in [0.25, 0.3) is 0 Å². The molecule has 2 aromatic rings. The summed E-state index contributed by atoms with van der Waals surface area (Å²) in [4.78, 5) is 0. The van der Waals surface area contributed by atoms with Crippen molar-refractivity contribution in [3.8, 4) is 5.75 Å². The molecule has 1 N–H and O–H groups in total. The SMILES string of the molecule is Fc1cccc(F)c1.Oc1ccccc1.[Na]. The van der Waals surface area contributed by atoms with Crippen LogP contribution in [0, 0.1) is 11.6 Å². The Labute approximate surface area is 115 Å². The zero-order valence-electron chi connectivity index (χ0n) is 8.90. The Morgan fingerprint density at radius 2 is 1.25 bits per heavy atom. The second kappa shape index (κ2) is 8.28. The molecule has 0 unspecified atom stereocenters. The van der Waals surface area contributed by atoms with Gasteiger partial charge >= 0.3 is 0 Å². The van der Waals surface area contributed by atoms with E-state index in [0.29, 0.717) is 5.75 Å². The summed E-state index contributed by atoms with van der Waals surface area (Å²) in [6.07, 6.45) is 0. The van der Waals surface area contributed by atoms with Crippen molar-refractivity contribution in [3.63, 3.8) is 0 Å². The van der Waals surface area contributed by atoms with Crippen LogP contribution in [0.1, 0.15) is 0 Å². The van der Waals surface area contributed by atoms with E-state index in [-0.39, 0.29) is 29.6 Å². The second-order valence-electron chi connectivity index (χ2n) is 2.78. The number of phenolic OH excluding ortho intramolecular Hbond substituents is 1. The summed E-state index contributed by atoms with van der Waals surface area (Å²) in [7, 11) is 0. The van der Waals surface area contributed by atoms with Crippen LogP contribution in [0.4, 0.5) is 8.78 Å². The van der Waals surface area contributed by atoms with Crippen molar-refractivity contribution in [2.75, 3.05) is 0 Å². The fourth-order valence-corrected chi connectivity index (χ4v) is 0.888. The Hall–Kier alpha value is -0.900. The van der Waals surface area contributed by atoms with Crippen molar-refractivity contribution in [2.24, 2.45) is 0 Å². The molecule has 1 nitrogen and oxygen atoms in total. The molecule has 0 aliphatic heterocycles. The number of aromatic hydroxyl groups is 1. The van der Waals surface area contributed by atoms with Crippen LogP contribution in [-0.2, 0) is 0 Å². The molecule has 1 radical (unpaired) electrons. The minimum Gasteiger partial charge on any atom is -0.508 e. The van der Waals surface area contributed by atoms with Crippen LogP contribution in [0.3, 0.4) is 0 Å². The molecule has 0 bridgehead atoms. The predicted octanol–water partition coefficient (Wildman–Crippen LogP) is 2.98. The standard InChI is InChI=1S/C6H4F2.C6H6O.Na/c7-5-2-1-3-6(8)4-5;7-6-4-2-1-3-5-6;/h1-4H;1-5,7H;. The Balaban J connectivity index is 0.000000267. The maximum absolute atomic E-state index is 11.9. The van der Waals surface area contributed by atoms with Gasteiger partial charge in [0.1, 0.15) is 17.4 Å². The monoisotopic (exact) mass is 231 g/mol. The predicted molar refractivity (Wildman–Crippen MR) is 60.2 cm³/mol. The molecule has 0 heterocycles. The molecular weight excluding hydrogens is 221 g/mol. The third-order valence-corrected chi connectivity index (χ3v) is 1.54. The number of phenols is 1. The fourth-order valence-electron chi connectivity index (χ4n) is 0.888. The molecule has 79 valence electrons. The van der Waals surface area contributed by atoms with Crippen molar-refractivity contribution >= 4 is 29.6 Å². The summed E-state index contributed by atoms with van der Waals surface area (Å²) in [6.45, 7) is 0. The maximum atomic E-state index is 11.9. The summed E-state index contributed by atoms with van der Waals surface area (Å²) < 4.78 is 23.9. The number of para-hydroxylation sites is 1. The number of halogens is 2. The van der Waals surface area contributed by atoms with Crippen LogP contribution in [0.25, 0.3) is 0 Å². The summed E-state index contributed by atoms with van der Waals surface area (Å²) in [5.74, 6) is -0.752. The first-order chi connectivity index (χ1) is 7.18. The zero-order chi connectivity index (χ0) is 11.1. The smallest absolute Gasteiger partial charge is 0.126 e. The first kappa shape index (κ1) is 15.1. The average Bonchev–Trinajstić information content (AvgIpc) is 2.19. The van der Waals surface area contributed by atoms with Gasteiger partial charge in [0.15, 0.2) is 0 Å². The summed E-state index contributed by atoms with van der Waals surface area (Å²) in [6, 6.07) is 13.3. The number of benzene rings is 2. The third kappa shape index (κ3) is 6.56. The fraction of sp³-hybridized carbons (Fsp3) is 0. The van der Waals surface area contributed by atoms with Gasteiger partial charge in [0, 0.05) is 35.6 Å². The Bertz CT molecular complexity index is 390. The van der Waals surface area contributed by atoms with Crippen molar-refractivity contribution in [3.05, 3.63) is 66.2 Å². The van der Waals surface area contributed by atoms with Crippen molar-refractivity contribution < 1.29 is 13.9 Å². The Morgan fingerprint density at radius 3 is 1.50 bits per heavy atom. The van der Waals surface area contributed by atoms with Crippen LogP contribution >= 0.6 is 0 Å². The van der Waals surface area contributed by atoms with E-state index in [0.717, 1.165) is 6.07 Å². The normalized spacial score (nSPS) is 8.38. The van der Waals surface area contributed by atoms with Gasteiger partial charge < -0.3 is 5.11 Å². The quantitative estimate of drug-likeness (QED) is 0.691. The topological polar surface area (TPSA) is 20.2 Å². The maximum Gasteiger partial charge on any atom is 0.126 e. The van der Waals surface area contributed by atoms with E-state index < -0.39 is 11.6 Å². The summed E-state index contributed by atoms with van der Waals surface area (Å²) >= 11 is 0. The Kier molecular flexibility index (Phi) is 7.81. The molecule has 0 aromatic heterocycles. The van der Waals surface area contributed by atoms with Gasteiger partial charge in [-0.05, 0) is 24.3 Å². The average molecular weight is 231 g/mol. The zero-order valence-corrected chi connectivity index (χ0v) is 10.9. The van der Waals surface area contributed by atoms with Gasteiger partial charge in [-0.25, -0.2) is 8.78 Å². The molecule has 2 rings (SSSR count). The molecule has 0 amide bonds. The van der Waals surface area contributed by atoms with E-state index in [1.54, 1.807) is 24.3 Å². The summed E-state index contributed by atoms with van der Waals surface area (Å²) in [5.41, 5.74) is 0. The van der Waals surface area contributed by atoms with Gasteiger partial charge in [0.2, 0.25) is 0 Å². The van der Waals surface area contributed by atoms with Gasteiger partial charge in [0.05, 0.1) is 0 Å².